The first-order chi connectivity index (χ1) is 12.9. The van der Waals surface area contributed by atoms with Crippen molar-refractivity contribution in [1.82, 2.24) is 9.80 Å². The molecule has 1 amide bonds. The van der Waals surface area contributed by atoms with E-state index in [2.05, 4.69) is 45.0 Å². The molecular weight excluding hydrogens is 340 g/mol. The number of carbonyl (C=O) groups excluding carboxylic acids is 1. The van der Waals surface area contributed by atoms with E-state index in [4.69, 9.17) is 9.47 Å². The van der Waals surface area contributed by atoms with Crippen LogP contribution in [-0.4, -0.2) is 63.7 Å². The Hall–Kier alpha value is -1.49. The maximum Gasteiger partial charge on any atom is 0.236 e. The third-order valence-electron chi connectivity index (χ3n) is 6.03. The maximum atomic E-state index is 13.3. The van der Waals surface area contributed by atoms with E-state index in [1.165, 1.54) is 0 Å². The highest BCUT2D eigenvalue weighted by molar-refractivity contribution is 5.89. The van der Waals surface area contributed by atoms with Gasteiger partial charge in [-0.15, -0.1) is 0 Å². The molecule has 1 fully saturated rings. The second kappa shape index (κ2) is 9.13. The summed E-state index contributed by atoms with van der Waals surface area (Å²) in [6.45, 7) is 6.97. The van der Waals surface area contributed by atoms with E-state index in [0.29, 0.717) is 0 Å². The minimum Gasteiger partial charge on any atom is -0.500 e. The number of hydrogen-bond donors (Lipinski definition) is 0. The van der Waals surface area contributed by atoms with Gasteiger partial charge in [0.05, 0.1) is 25.0 Å². The topological polar surface area (TPSA) is 42.0 Å². The molecule has 0 aromatic rings. The van der Waals surface area contributed by atoms with Gasteiger partial charge in [0.2, 0.25) is 5.91 Å². The zero-order chi connectivity index (χ0) is 20.1. The molecule has 2 aliphatic rings. The molecule has 0 radical (unpaired) electrons. The van der Waals surface area contributed by atoms with Gasteiger partial charge in [0.1, 0.15) is 11.5 Å². The fourth-order valence-electron chi connectivity index (χ4n) is 4.77. The first-order valence-electron chi connectivity index (χ1n) is 10.4. The maximum absolute atomic E-state index is 13.3. The predicted octanol–water partition coefficient (Wildman–Crippen LogP) is 3.82. The first kappa shape index (κ1) is 21.8. The third-order valence-corrected chi connectivity index (χ3v) is 6.03. The molecule has 1 spiro atoms. The van der Waals surface area contributed by atoms with Gasteiger partial charge >= 0.3 is 0 Å². The van der Waals surface area contributed by atoms with Gasteiger partial charge in [-0.05, 0) is 58.5 Å². The Kier molecular flexibility index (Phi) is 7.38. The van der Waals surface area contributed by atoms with Crippen LogP contribution in [0.3, 0.4) is 0 Å². The van der Waals surface area contributed by atoms with Crippen LogP contribution in [0, 0.1) is 10.8 Å². The number of likely N-dealkylation sites (tertiary alicyclic amines) is 1. The molecule has 1 heterocycles. The summed E-state index contributed by atoms with van der Waals surface area (Å²) in [6.07, 6.45) is 10.0. The van der Waals surface area contributed by atoms with Gasteiger partial charge < -0.3 is 19.3 Å². The Balaban J connectivity index is 2.33. The molecule has 0 aromatic carbocycles. The monoisotopic (exact) mass is 378 g/mol. The molecule has 1 aliphatic carbocycles. The number of methoxy groups -OCH3 is 2. The molecule has 1 saturated heterocycles. The Labute approximate surface area is 165 Å². The molecule has 0 unspecified atom stereocenters. The lowest BCUT2D eigenvalue weighted by atomic mass is 9.67. The van der Waals surface area contributed by atoms with Crippen LogP contribution in [0.4, 0.5) is 0 Å². The fraction of sp³-hybridized carbons (Fsp3) is 0.773. The second-order valence-electron chi connectivity index (χ2n) is 8.25. The lowest BCUT2D eigenvalue weighted by molar-refractivity contribution is -0.132. The van der Waals surface area contributed by atoms with Gasteiger partial charge in [-0.1, -0.05) is 26.7 Å². The molecule has 27 heavy (non-hydrogen) atoms. The quantitative estimate of drug-likeness (QED) is 0.580. The Bertz CT molecular complexity index is 550. The number of nitrogens with zero attached hydrogens (tertiary/aromatic N) is 2. The Morgan fingerprint density at radius 3 is 2.07 bits per heavy atom. The average molecular weight is 379 g/mol. The summed E-state index contributed by atoms with van der Waals surface area (Å²) in [5.41, 5.74) is -0.851. The minimum atomic E-state index is -0.611. The van der Waals surface area contributed by atoms with Crippen molar-refractivity contribution in [2.24, 2.45) is 10.8 Å². The molecule has 0 aromatic heterocycles. The van der Waals surface area contributed by atoms with Crippen molar-refractivity contribution >= 4 is 5.91 Å². The molecule has 0 atom stereocenters. The highest BCUT2D eigenvalue weighted by Crippen LogP contribution is 2.53. The zero-order valence-electron chi connectivity index (χ0n) is 18.1. The number of carbonyl (C=O) groups is 1. The summed E-state index contributed by atoms with van der Waals surface area (Å²) in [5, 5.41) is 0. The van der Waals surface area contributed by atoms with Gasteiger partial charge in [0.15, 0.2) is 0 Å². The molecule has 5 nitrogen and oxygen atoms in total. The number of hydrogen-bond acceptors (Lipinski definition) is 4. The fourth-order valence-corrected chi connectivity index (χ4v) is 4.77. The van der Waals surface area contributed by atoms with E-state index in [1.807, 2.05) is 4.90 Å². The van der Waals surface area contributed by atoms with E-state index in [0.717, 1.165) is 69.7 Å². The average Bonchev–Trinajstić information content (AvgIpc) is 2.93. The van der Waals surface area contributed by atoms with Crippen LogP contribution in [0.15, 0.2) is 23.7 Å². The predicted molar refractivity (Wildman–Crippen MR) is 109 cm³/mol. The van der Waals surface area contributed by atoms with Crippen molar-refractivity contribution in [2.75, 3.05) is 47.9 Å². The lowest BCUT2D eigenvalue weighted by Gasteiger charge is -2.41. The van der Waals surface area contributed by atoms with Gasteiger partial charge in [-0.25, -0.2) is 0 Å². The van der Waals surface area contributed by atoms with E-state index >= 15 is 0 Å². The van der Waals surface area contributed by atoms with Crippen LogP contribution in [0.25, 0.3) is 0 Å². The number of rotatable bonds is 10. The highest BCUT2D eigenvalue weighted by Gasteiger charge is 2.52. The van der Waals surface area contributed by atoms with Crippen LogP contribution in [0.5, 0.6) is 0 Å². The first-order valence-corrected chi connectivity index (χ1v) is 10.4. The van der Waals surface area contributed by atoms with Crippen molar-refractivity contribution < 1.29 is 14.3 Å². The van der Waals surface area contributed by atoms with Crippen molar-refractivity contribution in [1.29, 1.82) is 0 Å². The standard InChI is InChI=1S/C22H38N2O3/c1-7-10-22(11-8-2)18(26-5)16-21(17-19(22)27-6)12-15-24(20(21)25)14-9-13-23(3)4/h16-17H,7-15H2,1-6H3. The summed E-state index contributed by atoms with van der Waals surface area (Å²) in [4.78, 5) is 17.5. The van der Waals surface area contributed by atoms with Gasteiger partial charge in [0.25, 0.3) is 0 Å². The Morgan fingerprint density at radius 1 is 1.07 bits per heavy atom. The van der Waals surface area contributed by atoms with Crippen molar-refractivity contribution in [2.45, 2.75) is 52.4 Å². The van der Waals surface area contributed by atoms with E-state index in [9.17, 15) is 4.79 Å². The third kappa shape index (κ3) is 4.18. The van der Waals surface area contributed by atoms with Gasteiger partial charge in [-0.3, -0.25) is 4.79 Å². The summed E-state index contributed by atoms with van der Waals surface area (Å²) < 4.78 is 11.8. The lowest BCUT2D eigenvalue weighted by Crippen LogP contribution is -2.40. The van der Waals surface area contributed by atoms with Gasteiger partial charge in [0, 0.05) is 13.1 Å². The molecule has 0 saturated carbocycles. The van der Waals surface area contributed by atoms with Crippen molar-refractivity contribution in [3.05, 3.63) is 23.7 Å². The van der Waals surface area contributed by atoms with Crippen molar-refractivity contribution in [3.8, 4) is 0 Å². The van der Waals surface area contributed by atoms with Crippen LogP contribution < -0.4 is 0 Å². The molecule has 0 bridgehead atoms. The molecule has 2 rings (SSSR count). The summed E-state index contributed by atoms with van der Waals surface area (Å²) in [5.74, 6) is 2.01. The largest absolute Gasteiger partial charge is 0.500 e. The zero-order valence-corrected chi connectivity index (χ0v) is 18.1. The van der Waals surface area contributed by atoms with Gasteiger partial charge in [-0.2, -0.15) is 0 Å². The number of amides is 1. The summed E-state index contributed by atoms with van der Waals surface area (Å²) in [6, 6.07) is 0. The van der Waals surface area contributed by atoms with E-state index in [1.54, 1.807) is 14.2 Å². The van der Waals surface area contributed by atoms with Crippen molar-refractivity contribution in [3.63, 3.8) is 0 Å². The van der Waals surface area contributed by atoms with E-state index < -0.39 is 5.41 Å². The molecule has 1 aliphatic heterocycles. The SMILES string of the molecule is CCCC1(CCC)C(OC)=CC2(C=C1OC)CCN(CCCN(C)C)C2=O. The van der Waals surface area contributed by atoms with E-state index in [-0.39, 0.29) is 11.3 Å². The van der Waals surface area contributed by atoms with Crippen LogP contribution >= 0.6 is 0 Å². The summed E-state index contributed by atoms with van der Waals surface area (Å²) >= 11 is 0. The minimum absolute atomic E-state index is 0.187. The molecular formula is C22H38N2O3. The molecule has 154 valence electrons. The molecule has 0 N–H and O–H groups in total. The highest BCUT2D eigenvalue weighted by atomic mass is 16.5. The molecule has 5 heteroatoms. The van der Waals surface area contributed by atoms with Crippen LogP contribution in [0.2, 0.25) is 0 Å². The van der Waals surface area contributed by atoms with Crippen LogP contribution in [0.1, 0.15) is 52.4 Å². The normalized spacial score (nSPS) is 20.9. The van der Waals surface area contributed by atoms with Crippen LogP contribution in [-0.2, 0) is 14.3 Å². The second-order valence-corrected chi connectivity index (χ2v) is 8.25. The Morgan fingerprint density at radius 2 is 1.63 bits per heavy atom. The number of ether oxygens (including phenoxy) is 2. The summed E-state index contributed by atoms with van der Waals surface area (Å²) in [7, 11) is 7.59. The smallest absolute Gasteiger partial charge is 0.236 e.